The molecule has 1 amide bonds. The van der Waals surface area contributed by atoms with E-state index < -0.39 is 0 Å². The van der Waals surface area contributed by atoms with Crippen LogP contribution in [0.25, 0.3) is 0 Å². The quantitative estimate of drug-likeness (QED) is 0.548. The Hall–Kier alpha value is -0.870. The van der Waals surface area contributed by atoms with Gasteiger partial charge in [-0.2, -0.15) is 0 Å². The summed E-state index contributed by atoms with van der Waals surface area (Å²) < 4.78 is 0. The van der Waals surface area contributed by atoms with Crippen LogP contribution in [0.3, 0.4) is 0 Å². The van der Waals surface area contributed by atoms with Gasteiger partial charge in [0.05, 0.1) is 0 Å². The minimum absolute atomic E-state index is 0.0754. The third kappa shape index (κ3) is 4.44. The molecular formula is C11H21N3O. The fraction of sp³-hybridized carbons (Fsp3) is 0.727. The van der Waals surface area contributed by atoms with Gasteiger partial charge in [0.1, 0.15) is 0 Å². The van der Waals surface area contributed by atoms with Crippen LogP contribution in [-0.4, -0.2) is 31.1 Å². The van der Waals surface area contributed by atoms with E-state index in [1.165, 1.54) is 0 Å². The van der Waals surface area contributed by atoms with Crippen LogP contribution in [0, 0.1) is 0 Å². The fourth-order valence-corrected chi connectivity index (χ4v) is 1.79. The molecule has 0 bridgehead atoms. The molecule has 0 aromatic heterocycles. The summed E-state index contributed by atoms with van der Waals surface area (Å²) in [7, 11) is 0. The zero-order valence-electron chi connectivity index (χ0n) is 9.33. The molecule has 0 spiro atoms. The van der Waals surface area contributed by atoms with Crippen molar-refractivity contribution in [2.45, 2.75) is 38.3 Å². The van der Waals surface area contributed by atoms with Gasteiger partial charge in [-0.25, -0.2) is 0 Å². The first-order chi connectivity index (χ1) is 7.26. The molecule has 0 aliphatic heterocycles. The molecule has 0 radical (unpaired) electrons. The predicted octanol–water partition coefficient (Wildman–Crippen LogP) is 0.148. The highest BCUT2D eigenvalue weighted by molar-refractivity contribution is 5.76. The summed E-state index contributed by atoms with van der Waals surface area (Å²) in [5.74, 6) is 0.0754. The van der Waals surface area contributed by atoms with E-state index >= 15 is 0 Å². The summed E-state index contributed by atoms with van der Waals surface area (Å²) >= 11 is 0. The Morgan fingerprint density at radius 2 is 2.20 bits per heavy atom. The molecule has 1 aliphatic rings. The Balaban J connectivity index is 2.25. The van der Waals surface area contributed by atoms with Gasteiger partial charge in [-0.15, -0.1) is 0 Å². The first-order valence-corrected chi connectivity index (χ1v) is 5.64. The SMILES string of the molecule is CCNC(=O)CC(CN)NC1CC=CC1. The molecule has 0 saturated heterocycles. The summed E-state index contributed by atoms with van der Waals surface area (Å²) in [4.78, 5) is 11.4. The maximum absolute atomic E-state index is 11.4. The van der Waals surface area contributed by atoms with Crippen molar-refractivity contribution in [3.63, 3.8) is 0 Å². The van der Waals surface area contributed by atoms with Gasteiger partial charge in [-0.05, 0) is 19.8 Å². The number of hydrogen-bond acceptors (Lipinski definition) is 3. The van der Waals surface area contributed by atoms with E-state index in [0.29, 0.717) is 25.6 Å². The van der Waals surface area contributed by atoms with Crippen molar-refractivity contribution >= 4 is 5.91 Å². The number of rotatable bonds is 6. The van der Waals surface area contributed by atoms with Crippen molar-refractivity contribution in [3.8, 4) is 0 Å². The Bertz CT molecular complexity index is 220. The minimum Gasteiger partial charge on any atom is -0.356 e. The lowest BCUT2D eigenvalue weighted by Crippen LogP contribution is -2.44. The van der Waals surface area contributed by atoms with Crippen molar-refractivity contribution in [3.05, 3.63) is 12.2 Å². The van der Waals surface area contributed by atoms with Gasteiger partial charge >= 0.3 is 0 Å². The zero-order chi connectivity index (χ0) is 11.1. The molecular weight excluding hydrogens is 190 g/mol. The predicted molar refractivity (Wildman–Crippen MR) is 61.4 cm³/mol. The molecule has 0 fully saturated rings. The van der Waals surface area contributed by atoms with Gasteiger partial charge in [-0.3, -0.25) is 4.79 Å². The van der Waals surface area contributed by atoms with Crippen molar-refractivity contribution in [2.75, 3.05) is 13.1 Å². The summed E-state index contributed by atoms with van der Waals surface area (Å²) in [5.41, 5.74) is 5.63. The van der Waals surface area contributed by atoms with Crippen LogP contribution >= 0.6 is 0 Å². The third-order valence-electron chi connectivity index (χ3n) is 2.57. The highest BCUT2D eigenvalue weighted by atomic mass is 16.1. The average molecular weight is 211 g/mol. The molecule has 1 atom stereocenters. The maximum atomic E-state index is 11.4. The van der Waals surface area contributed by atoms with Crippen LogP contribution in [0.4, 0.5) is 0 Å². The maximum Gasteiger partial charge on any atom is 0.221 e. The number of amides is 1. The number of carbonyl (C=O) groups excluding carboxylic acids is 1. The molecule has 1 unspecified atom stereocenters. The van der Waals surface area contributed by atoms with Gasteiger partial charge < -0.3 is 16.4 Å². The van der Waals surface area contributed by atoms with Gasteiger partial charge in [0.15, 0.2) is 0 Å². The monoisotopic (exact) mass is 211 g/mol. The Morgan fingerprint density at radius 1 is 1.53 bits per heavy atom. The van der Waals surface area contributed by atoms with Gasteiger partial charge in [0, 0.05) is 31.6 Å². The largest absolute Gasteiger partial charge is 0.356 e. The van der Waals surface area contributed by atoms with Crippen LogP contribution in [0.15, 0.2) is 12.2 Å². The van der Waals surface area contributed by atoms with Gasteiger partial charge in [0.25, 0.3) is 0 Å². The van der Waals surface area contributed by atoms with Crippen molar-refractivity contribution in [2.24, 2.45) is 5.73 Å². The molecule has 0 heterocycles. The van der Waals surface area contributed by atoms with E-state index in [0.717, 1.165) is 12.8 Å². The minimum atomic E-state index is 0.0754. The zero-order valence-corrected chi connectivity index (χ0v) is 9.33. The molecule has 15 heavy (non-hydrogen) atoms. The summed E-state index contributed by atoms with van der Waals surface area (Å²) in [6.45, 7) is 3.11. The number of hydrogen-bond donors (Lipinski definition) is 3. The van der Waals surface area contributed by atoms with Gasteiger partial charge in [-0.1, -0.05) is 12.2 Å². The highest BCUT2D eigenvalue weighted by Gasteiger charge is 2.17. The lowest BCUT2D eigenvalue weighted by atomic mass is 10.1. The number of nitrogens with one attached hydrogen (secondary N) is 2. The molecule has 86 valence electrons. The second-order valence-corrected chi connectivity index (χ2v) is 3.90. The Kier molecular flexibility index (Phi) is 5.36. The van der Waals surface area contributed by atoms with Crippen LogP contribution in [0.5, 0.6) is 0 Å². The number of carbonyl (C=O) groups is 1. The summed E-state index contributed by atoms with van der Waals surface area (Å²) in [5, 5.41) is 6.19. The lowest BCUT2D eigenvalue weighted by Gasteiger charge is -2.21. The van der Waals surface area contributed by atoms with Crippen molar-refractivity contribution in [1.82, 2.24) is 10.6 Å². The Morgan fingerprint density at radius 3 is 2.73 bits per heavy atom. The normalized spacial score (nSPS) is 18.0. The van der Waals surface area contributed by atoms with Crippen LogP contribution in [0.2, 0.25) is 0 Å². The molecule has 0 saturated carbocycles. The van der Waals surface area contributed by atoms with Crippen LogP contribution < -0.4 is 16.4 Å². The molecule has 4 nitrogen and oxygen atoms in total. The summed E-state index contributed by atoms with van der Waals surface area (Å²) in [6.07, 6.45) is 6.90. The summed E-state index contributed by atoms with van der Waals surface area (Å²) in [6, 6.07) is 0.564. The average Bonchev–Trinajstić information content (AvgIpc) is 2.70. The second kappa shape index (κ2) is 6.58. The number of nitrogens with two attached hydrogens (primary N) is 1. The molecule has 4 N–H and O–H groups in total. The highest BCUT2D eigenvalue weighted by Crippen LogP contribution is 2.10. The standard InChI is InChI=1S/C11H21N3O/c1-2-13-11(15)7-10(8-12)14-9-5-3-4-6-9/h3-4,9-10,14H,2,5-8,12H2,1H3,(H,13,15). The van der Waals surface area contributed by atoms with E-state index in [4.69, 9.17) is 5.73 Å². The Labute approximate surface area is 91.3 Å². The smallest absolute Gasteiger partial charge is 0.221 e. The first-order valence-electron chi connectivity index (χ1n) is 5.64. The van der Waals surface area contributed by atoms with E-state index in [-0.39, 0.29) is 11.9 Å². The molecule has 0 aromatic carbocycles. The van der Waals surface area contributed by atoms with E-state index in [2.05, 4.69) is 22.8 Å². The van der Waals surface area contributed by atoms with Crippen LogP contribution in [-0.2, 0) is 4.79 Å². The van der Waals surface area contributed by atoms with E-state index in [1.807, 2.05) is 6.92 Å². The van der Waals surface area contributed by atoms with Gasteiger partial charge in [0.2, 0.25) is 5.91 Å². The lowest BCUT2D eigenvalue weighted by molar-refractivity contribution is -0.121. The first kappa shape index (κ1) is 12.2. The fourth-order valence-electron chi connectivity index (χ4n) is 1.79. The molecule has 0 aromatic rings. The second-order valence-electron chi connectivity index (χ2n) is 3.90. The molecule has 4 heteroatoms. The van der Waals surface area contributed by atoms with E-state index in [1.54, 1.807) is 0 Å². The topological polar surface area (TPSA) is 67.2 Å². The van der Waals surface area contributed by atoms with Crippen molar-refractivity contribution in [1.29, 1.82) is 0 Å². The molecule has 1 aliphatic carbocycles. The molecule has 1 rings (SSSR count). The van der Waals surface area contributed by atoms with Crippen LogP contribution in [0.1, 0.15) is 26.2 Å². The van der Waals surface area contributed by atoms with Crippen molar-refractivity contribution < 1.29 is 4.79 Å². The van der Waals surface area contributed by atoms with E-state index in [9.17, 15) is 4.79 Å². The third-order valence-corrected chi connectivity index (χ3v) is 2.57.